The van der Waals surface area contributed by atoms with Gasteiger partial charge < -0.3 is 10.7 Å². The van der Waals surface area contributed by atoms with Gasteiger partial charge in [0.2, 0.25) is 0 Å². The summed E-state index contributed by atoms with van der Waals surface area (Å²) in [7, 11) is 0. The standard InChI is InChI=1S/C8H9N3.2ClH/c9-5-8-10-6-3-1-2-4-7(6)11-8;;/h1-4H,5,9H2,(H,10,11);2*1H. The van der Waals surface area contributed by atoms with Gasteiger partial charge >= 0.3 is 0 Å². The molecule has 0 spiro atoms. The van der Waals surface area contributed by atoms with Crippen molar-refractivity contribution in [1.29, 1.82) is 0 Å². The Balaban J connectivity index is 0.000000720. The summed E-state index contributed by atoms with van der Waals surface area (Å²) in [5, 5.41) is 0. The van der Waals surface area contributed by atoms with E-state index in [0.29, 0.717) is 6.54 Å². The van der Waals surface area contributed by atoms with Crippen molar-refractivity contribution >= 4 is 35.8 Å². The summed E-state index contributed by atoms with van der Waals surface area (Å²) in [4.78, 5) is 7.36. The molecule has 13 heavy (non-hydrogen) atoms. The zero-order chi connectivity index (χ0) is 7.68. The lowest BCUT2D eigenvalue weighted by molar-refractivity contribution is 0.958. The number of imidazole rings is 1. The summed E-state index contributed by atoms with van der Waals surface area (Å²) in [6, 6.07) is 7.89. The van der Waals surface area contributed by atoms with Gasteiger partial charge in [-0.25, -0.2) is 4.98 Å². The fourth-order valence-corrected chi connectivity index (χ4v) is 1.10. The average Bonchev–Trinajstić information content (AvgIpc) is 2.46. The van der Waals surface area contributed by atoms with Crippen molar-refractivity contribution in [3.8, 4) is 0 Å². The maximum absolute atomic E-state index is 5.42. The van der Waals surface area contributed by atoms with Crippen LogP contribution >= 0.6 is 24.8 Å². The van der Waals surface area contributed by atoms with E-state index in [1.54, 1.807) is 0 Å². The Morgan fingerprint density at radius 2 is 1.92 bits per heavy atom. The number of aromatic amines is 1. The smallest absolute Gasteiger partial charge is 0.121 e. The maximum atomic E-state index is 5.42. The molecule has 0 aliphatic heterocycles. The molecule has 1 aromatic heterocycles. The van der Waals surface area contributed by atoms with E-state index in [4.69, 9.17) is 5.73 Å². The molecule has 5 heteroatoms. The van der Waals surface area contributed by atoms with Gasteiger partial charge in [-0.05, 0) is 12.1 Å². The largest absolute Gasteiger partial charge is 0.341 e. The van der Waals surface area contributed by atoms with Gasteiger partial charge in [0.05, 0.1) is 17.6 Å². The number of hydrogen-bond donors (Lipinski definition) is 2. The molecule has 1 aromatic carbocycles. The second kappa shape index (κ2) is 5.07. The molecule has 2 aromatic rings. The SMILES string of the molecule is Cl.Cl.NCc1nc2ccccc2[nH]1. The maximum Gasteiger partial charge on any atom is 0.121 e. The lowest BCUT2D eigenvalue weighted by Crippen LogP contribution is -1.97. The molecule has 1 heterocycles. The van der Waals surface area contributed by atoms with E-state index in [9.17, 15) is 0 Å². The highest BCUT2D eigenvalue weighted by atomic mass is 35.5. The van der Waals surface area contributed by atoms with Crippen LogP contribution < -0.4 is 5.73 Å². The highest BCUT2D eigenvalue weighted by molar-refractivity contribution is 5.85. The zero-order valence-electron chi connectivity index (χ0n) is 6.86. The molecule has 0 saturated heterocycles. The Bertz CT molecular complexity index is 339. The minimum atomic E-state index is 0. The van der Waals surface area contributed by atoms with E-state index in [0.717, 1.165) is 16.9 Å². The minimum Gasteiger partial charge on any atom is -0.341 e. The predicted molar refractivity (Wildman–Crippen MR) is 58.5 cm³/mol. The first-order chi connectivity index (χ1) is 5.40. The monoisotopic (exact) mass is 219 g/mol. The van der Waals surface area contributed by atoms with Crippen LogP contribution in [0.3, 0.4) is 0 Å². The van der Waals surface area contributed by atoms with Gasteiger partial charge in [-0.3, -0.25) is 0 Å². The Morgan fingerprint density at radius 3 is 2.54 bits per heavy atom. The third-order valence-electron chi connectivity index (χ3n) is 1.63. The second-order valence-corrected chi connectivity index (χ2v) is 2.40. The molecule has 0 radical (unpaired) electrons. The third kappa shape index (κ3) is 2.34. The first-order valence-electron chi connectivity index (χ1n) is 3.54. The van der Waals surface area contributed by atoms with E-state index in [1.807, 2.05) is 24.3 Å². The molecule has 0 saturated carbocycles. The van der Waals surface area contributed by atoms with Crippen LogP contribution in [0, 0.1) is 0 Å². The summed E-state index contributed by atoms with van der Waals surface area (Å²) in [5.74, 6) is 0.839. The molecule has 2 rings (SSSR count). The molecule has 0 fully saturated rings. The van der Waals surface area contributed by atoms with Crippen LogP contribution in [0.1, 0.15) is 5.82 Å². The number of para-hydroxylation sites is 2. The Hall–Kier alpha value is -0.770. The van der Waals surface area contributed by atoms with Crippen LogP contribution in [0.2, 0.25) is 0 Å². The van der Waals surface area contributed by atoms with E-state index in [2.05, 4.69) is 9.97 Å². The van der Waals surface area contributed by atoms with Crippen LogP contribution in [-0.4, -0.2) is 9.97 Å². The van der Waals surface area contributed by atoms with Gasteiger partial charge in [0.15, 0.2) is 0 Å². The normalized spacial score (nSPS) is 9.00. The summed E-state index contributed by atoms with van der Waals surface area (Å²) >= 11 is 0. The lowest BCUT2D eigenvalue weighted by Gasteiger charge is -1.82. The van der Waals surface area contributed by atoms with Gasteiger partial charge in [0.25, 0.3) is 0 Å². The molecule has 0 bridgehead atoms. The fourth-order valence-electron chi connectivity index (χ4n) is 1.10. The molecule has 3 nitrogen and oxygen atoms in total. The molecule has 0 amide bonds. The number of nitrogens with zero attached hydrogens (tertiary/aromatic N) is 1. The molecule has 3 N–H and O–H groups in total. The van der Waals surface area contributed by atoms with Crippen molar-refractivity contribution in [1.82, 2.24) is 9.97 Å². The van der Waals surface area contributed by atoms with E-state index in [1.165, 1.54) is 0 Å². The van der Waals surface area contributed by atoms with Crippen molar-refractivity contribution in [2.75, 3.05) is 0 Å². The Morgan fingerprint density at radius 1 is 1.23 bits per heavy atom. The molecule has 0 aliphatic rings. The molecular weight excluding hydrogens is 209 g/mol. The number of fused-ring (bicyclic) bond motifs is 1. The molecular formula is C8H11Cl2N3. The van der Waals surface area contributed by atoms with Gasteiger partial charge in [-0.2, -0.15) is 0 Å². The third-order valence-corrected chi connectivity index (χ3v) is 1.63. The van der Waals surface area contributed by atoms with Crippen LogP contribution in [0.5, 0.6) is 0 Å². The minimum absolute atomic E-state index is 0. The summed E-state index contributed by atoms with van der Waals surface area (Å²) in [6.45, 7) is 0.467. The zero-order valence-corrected chi connectivity index (χ0v) is 8.49. The quantitative estimate of drug-likeness (QED) is 0.770. The highest BCUT2D eigenvalue weighted by Crippen LogP contribution is 2.09. The number of rotatable bonds is 1. The van der Waals surface area contributed by atoms with E-state index >= 15 is 0 Å². The summed E-state index contributed by atoms with van der Waals surface area (Å²) < 4.78 is 0. The predicted octanol–water partition coefficient (Wildman–Crippen LogP) is 1.87. The number of nitrogens with one attached hydrogen (secondary N) is 1. The molecule has 0 aliphatic carbocycles. The number of H-pyrrole nitrogens is 1. The fraction of sp³-hybridized carbons (Fsp3) is 0.125. The van der Waals surface area contributed by atoms with Gasteiger partial charge in [-0.15, -0.1) is 24.8 Å². The first-order valence-corrected chi connectivity index (χ1v) is 3.54. The van der Waals surface area contributed by atoms with Crippen molar-refractivity contribution < 1.29 is 0 Å². The van der Waals surface area contributed by atoms with Crippen LogP contribution in [-0.2, 0) is 6.54 Å². The van der Waals surface area contributed by atoms with Gasteiger partial charge in [-0.1, -0.05) is 12.1 Å². The Labute approximate surface area is 88.6 Å². The summed E-state index contributed by atoms with van der Waals surface area (Å²) in [6.07, 6.45) is 0. The highest BCUT2D eigenvalue weighted by Gasteiger charge is 1.97. The summed E-state index contributed by atoms with van der Waals surface area (Å²) in [5.41, 5.74) is 7.45. The Kier molecular flexibility index (Phi) is 4.77. The number of nitrogens with two attached hydrogens (primary N) is 1. The van der Waals surface area contributed by atoms with E-state index < -0.39 is 0 Å². The number of halogens is 2. The number of aromatic nitrogens is 2. The van der Waals surface area contributed by atoms with Gasteiger partial charge in [0, 0.05) is 0 Å². The lowest BCUT2D eigenvalue weighted by atomic mass is 10.3. The number of hydrogen-bond acceptors (Lipinski definition) is 2. The average molecular weight is 220 g/mol. The van der Waals surface area contributed by atoms with Crippen molar-refractivity contribution in [2.45, 2.75) is 6.54 Å². The van der Waals surface area contributed by atoms with Gasteiger partial charge in [0.1, 0.15) is 5.82 Å². The van der Waals surface area contributed by atoms with Crippen LogP contribution in [0.4, 0.5) is 0 Å². The van der Waals surface area contributed by atoms with Crippen molar-refractivity contribution in [2.24, 2.45) is 5.73 Å². The molecule has 0 unspecified atom stereocenters. The number of benzene rings is 1. The molecule has 72 valence electrons. The first kappa shape index (κ1) is 12.2. The topological polar surface area (TPSA) is 54.7 Å². The van der Waals surface area contributed by atoms with E-state index in [-0.39, 0.29) is 24.8 Å². The van der Waals surface area contributed by atoms with Crippen LogP contribution in [0.15, 0.2) is 24.3 Å². The second-order valence-electron chi connectivity index (χ2n) is 2.40. The van der Waals surface area contributed by atoms with Crippen LogP contribution in [0.25, 0.3) is 11.0 Å². The molecule has 0 atom stereocenters. The van der Waals surface area contributed by atoms with Crippen molar-refractivity contribution in [3.63, 3.8) is 0 Å². The van der Waals surface area contributed by atoms with Crippen molar-refractivity contribution in [3.05, 3.63) is 30.1 Å².